The van der Waals surface area contributed by atoms with Gasteiger partial charge in [-0.1, -0.05) is 23.8 Å². The molecule has 110 valence electrons. The van der Waals surface area contributed by atoms with E-state index in [9.17, 15) is 9.18 Å². The average Bonchev–Trinajstić information content (AvgIpc) is 2.46. The van der Waals surface area contributed by atoms with E-state index in [1.807, 2.05) is 6.92 Å². The zero-order valence-corrected chi connectivity index (χ0v) is 12.3. The Balaban J connectivity index is 1.92. The molecule has 0 spiro atoms. The van der Waals surface area contributed by atoms with Gasteiger partial charge in [-0.05, 0) is 31.2 Å². The van der Waals surface area contributed by atoms with Crippen LogP contribution >= 0.6 is 11.8 Å². The molecule has 0 aliphatic carbocycles. The van der Waals surface area contributed by atoms with Crippen molar-refractivity contribution in [3.8, 4) is 5.75 Å². The molecule has 0 bridgehead atoms. The Kier molecular flexibility index (Phi) is 5.22. The molecule has 0 saturated heterocycles. The van der Waals surface area contributed by atoms with Crippen LogP contribution < -0.4 is 4.74 Å². The fourth-order valence-corrected chi connectivity index (χ4v) is 2.57. The zero-order chi connectivity index (χ0) is 15.2. The first-order valence-corrected chi connectivity index (χ1v) is 7.40. The molecule has 5 heteroatoms. The summed E-state index contributed by atoms with van der Waals surface area (Å²) in [5.74, 6) is -0.407. The first-order chi connectivity index (χ1) is 10.1. The van der Waals surface area contributed by atoms with E-state index < -0.39 is 5.97 Å². The van der Waals surface area contributed by atoms with Gasteiger partial charge in [0.15, 0.2) is 0 Å². The van der Waals surface area contributed by atoms with Gasteiger partial charge in [-0.2, -0.15) is 0 Å². The van der Waals surface area contributed by atoms with Crippen molar-refractivity contribution in [3.05, 3.63) is 59.4 Å². The second-order valence-corrected chi connectivity index (χ2v) is 5.57. The second-order valence-electron chi connectivity index (χ2n) is 4.43. The van der Waals surface area contributed by atoms with Gasteiger partial charge in [0.25, 0.3) is 0 Å². The number of hydrogen-bond acceptors (Lipinski definition) is 3. The molecule has 0 unspecified atom stereocenters. The van der Waals surface area contributed by atoms with E-state index in [0.29, 0.717) is 23.0 Å². The van der Waals surface area contributed by atoms with Gasteiger partial charge in [-0.3, -0.25) is 0 Å². The second kappa shape index (κ2) is 7.13. The molecule has 0 amide bonds. The van der Waals surface area contributed by atoms with Gasteiger partial charge in [0.1, 0.15) is 17.1 Å². The number of benzene rings is 2. The van der Waals surface area contributed by atoms with Crippen molar-refractivity contribution in [2.24, 2.45) is 0 Å². The number of carbonyl (C=O) groups is 1. The molecule has 3 nitrogen and oxygen atoms in total. The molecule has 2 aromatic rings. The van der Waals surface area contributed by atoms with E-state index in [-0.39, 0.29) is 11.4 Å². The number of thioether (sulfide) groups is 1. The molecule has 0 heterocycles. The summed E-state index contributed by atoms with van der Waals surface area (Å²) in [6, 6.07) is 11.5. The van der Waals surface area contributed by atoms with Gasteiger partial charge in [-0.25, -0.2) is 9.18 Å². The largest absolute Gasteiger partial charge is 0.492 e. The minimum Gasteiger partial charge on any atom is -0.492 e. The Bertz CT molecular complexity index is 643. The fourth-order valence-electron chi connectivity index (χ4n) is 1.80. The van der Waals surface area contributed by atoms with Crippen LogP contribution in [-0.4, -0.2) is 23.4 Å². The Hall–Kier alpha value is -2.01. The summed E-state index contributed by atoms with van der Waals surface area (Å²) in [5.41, 5.74) is 1.01. The first-order valence-electron chi connectivity index (χ1n) is 6.42. The lowest BCUT2D eigenvalue weighted by molar-refractivity contribution is 0.0692. The van der Waals surface area contributed by atoms with Crippen molar-refractivity contribution in [1.82, 2.24) is 0 Å². The maximum Gasteiger partial charge on any atom is 0.339 e. The van der Waals surface area contributed by atoms with Crippen molar-refractivity contribution in [2.45, 2.75) is 11.8 Å². The van der Waals surface area contributed by atoms with Crippen molar-refractivity contribution in [2.75, 3.05) is 12.4 Å². The van der Waals surface area contributed by atoms with E-state index in [0.717, 1.165) is 5.56 Å². The summed E-state index contributed by atoms with van der Waals surface area (Å²) in [5, 5.41) is 9.13. The zero-order valence-electron chi connectivity index (χ0n) is 11.5. The molecule has 21 heavy (non-hydrogen) atoms. The normalized spacial score (nSPS) is 10.4. The molecule has 0 aliphatic rings. The van der Waals surface area contributed by atoms with Crippen LogP contribution in [0.15, 0.2) is 47.4 Å². The monoisotopic (exact) mass is 306 g/mol. The van der Waals surface area contributed by atoms with Crippen LogP contribution in [0.2, 0.25) is 0 Å². The highest BCUT2D eigenvalue weighted by Crippen LogP contribution is 2.23. The summed E-state index contributed by atoms with van der Waals surface area (Å²) >= 11 is 1.34. The van der Waals surface area contributed by atoms with E-state index >= 15 is 0 Å². The maximum atomic E-state index is 13.4. The third-order valence-corrected chi connectivity index (χ3v) is 3.81. The molecular formula is C16H15FO3S. The summed E-state index contributed by atoms with van der Waals surface area (Å²) in [6.45, 7) is 2.13. The lowest BCUT2D eigenvalue weighted by Gasteiger charge is -2.10. The topological polar surface area (TPSA) is 46.5 Å². The lowest BCUT2D eigenvalue weighted by Crippen LogP contribution is -2.06. The maximum absolute atomic E-state index is 13.4. The van der Waals surface area contributed by atoms with E-state index in [4.69, 9.17) is 9.84 Å². The van der Waals surface area contributed by atoms with Crippen LogP contribution in [0.3, 0.4) is 0 Å². The fraction of sp³-hybridized carbons (Fsp3) is 0.188. The van der Waals surface area contributed by atoms with Crippen molar-refractivity contribution >= 4 is 17.7 Å². The van der Waals surface area contributed by atoms with Crippen molar-refractivity contribution in [3.63, 3.8) is 0 Å². The molecule has 0 aliphatic heterocycles. The summed E-state index contributed by atoms with van der Waals surface area (Å²) in [4.78, 5) is 11.7. The number of ether oxygens (including phenoxy) is 1. The molecule has 2 aromatic carbocycles. The van der Waals surface area contributed by atoms with Crippen LogP contribution in [0, 0.1) is 12.7 Å². The summed E-state index contributed by atoms with van der Waals surface area (Å²) in [7, 11) is 0. The highest BCUT2D eigenvalue weighted by Gasteiger charge is 2.11. The van der Waals surface area contributed by atoms with Gasteiger partial charge >= 0.3 is 5.97 Å². The van der Waals surface area contributed by atoms with Crippen LogP contribution in [0.25, 0.3) is 0 Å². The third-order valence-electron chi connectivity index (χ3n) is 2.80. The minimum absolute atomic E-state index is 0.144. The Labute approximate surface area is 126 Å². The number of rotatable bonds is 6. The Morgan fingerprint density at radius 3 is 2.76 bits per heavy atom. The molecule has 0 saturated carbocycles. The average molecular weight is 306 g/mol. The van der Waals surface area contributed by atoms with Crippen LogP contribution in [0.5, 0.6) is 5.75 Å². The lowest BCUT2D eigenvalue weighted by atomic mass is 10.1. The van der Waals surface area contributed by atoms with Crippen molar-refractivity contribution in [1.29, 1.82) is 0 Å². The van der Waals surface area contributed by atoms with E-state index in [1.54, 1.807) is 36.4 Å². The number of hydrogen-bond donors (Lipinski definition) is 1. The SMILES string of the molecule is Cc1ccc(OCCSc2ccccc2F)c(C(=O)O)c1. The first kappa shape index (κ1) is 15.4. The van der Waals surface area contributed by atoms with E-state index in [1.165, 1.54) is 17.8 Å². The number of aromatic carboxylic acids is 1. The number of halogens is 1. The molecule has 0 atom stereocenters. The quantitative estimate of drug-likeness (QED) is 0.647. The van der Waals surface area contributed by atoms with Crippen molar-refractivity contribution < 1.29 is 19.0 Å². The molecule has 0 radical (unpaired) electrons. The predicted octanol–water partition coefficient (Wildman–Crippen LogP) is 4.00. The molecule has 0 fully saturated rings. The highest BCUT2D eigenvalue weighted by molar-refractivity contribution is 7.99. The van der Waals surface area contributed by atoms with E-state index in [2.05, 4.69) is 0 Å². The number of aryl methyl sites for hydroxylation is 1. The molecular weight excluding hydrogens is 291 g/mol. The van der Waals surface area contributed by atoms with Gasteiger partial charge in [0.2, 0.25) is 0 Å². The summed E-state index contributed by atoms with van der Waals surface area (Å²) < 4.78 is 18.9. The predicted molar refractivity (Wildman–Crippen MR) is 80.8 cm³/mol. The summed E-state index contributed by atoms with van der Waals surface area (Å²) in [6.07, 6.45) is 0. The molecule has 0 aromatic heterocycles. The molecule has 2 rings (SSSR count). The Morgan fingerprint density at radius 1 is 1.29 bits per heavy atom. The number of carboxylic acids is 1. The smallest absolute Gasteiger partial charge is 0.339 e. The van der Waals surface area contributed by atoms with Crippen LogP contribution in [0.1, 0.15) is 15.9 Å². The van der Waals surface area contributed by atoms with Crippen LogP contribution in [0.4, 0.5) is 4.39 Å². The van der Waals surface area contributed by atoms with Gasteiger partial charge in [-0.15, -0.1) is 11.8 Å². The van der Waals surface area contributed by atoms with Gasteiger partial charge in [0.05, 0.1) is 6.61 Å². The highest BCUT2D eigenvalue weighted by atomic mass is 32.2. The standard InChI is InChI=1S/C16H15FO3S/c1-11-6-7-14(12(10-11)16(18)19)20-8-9-21-15-5-3-2-4-13(15)17/h2-7,10H,8-9H2,1H3,(H,18,19). The Morgan fingerprint density at radius 2 is 2.05 bits per heavy atom. The molecule has 1 N–H and O–H groups in total. The third kappa shape index (κ3) is 4.23. The van der Waals surface area contributed by atoms with Gasteiger partial charge in [0, 0.05) is 10.6 Å². The van der Waals surface area contributed by atoms with Gasteiger partial charge < -0.3 is 9.84 Å². The van der Waals surface area contributed by atoms with Crippen LogP contribution in [-0.2, 0) is 0 Å². The minimum atomic E-state index is -1.02. The number of carboxylic acid groups (broad SMARTS) is 1.